The zero-order valence-electron chi connectivity index (χ0n) is 8.85. The number of anilines is 1. The molecule has 0 bridgehead atoms. The molecule has 2 N–H and O–H groups in total. The van der Waals surface area contributed by atoms with Crippen LogP contribution in [0.25, 0.3) is 0 Å². The lowest BCUT2D eigenvalue weighted by molar-refractivity contribution is -0.114. The maximum absolute atomic E-state index is 10.8. The topological polar surface area (TPSA) is 101 Å². The summed E-state index contributed by atoms with van der Waals surface area (Å²) in [6.45, 7) is 1.35. The fraction of sp³-hybridized carbons (Fsp3) is 0.333. The fourth-order valence-electron chi connectivity index (χ4n) is 1.06. The van der Waals surface area contributed by atoms with E-state index in [2.05, 4.69) is 15.3 Å². The molecule has 16 heavy (non-hydrogen) atoms. The number of carbonyl (C=O) groups is 2. The van der Waals surface area contributed by atoms with Gasteiger partial charge in [0.2, 0.25) is 11.9 Å². The molecule has 0 unspecified atom stereocenters. The van der Waals surface area contributed by atoms with E-state index in [-0.39, 0.29) is 29.7 Å². The predicted molar refractivity (Wildman–Crippen MR) is 54.0 cm³/mol. The van der Waals surface area contributed by atoms with Gasteiger partial charge >= 0.3 is 5.97 Å². The van der Waals surface area contributed by atoms with Crippen molar-refractivity contribution in [3.8, 4) is 0 Å². The molecule has 86 valence electrons. The van der Waals surface area contributed by atoms with Crippen LogP contribution in [0, 0.1) is 0 Å². The van der Waals surface area contributed by atoms with Crippen LogP contribution >= 0.6 is 0 Å². The standard InChI is InChI=1S/C9H11N3O4/c1-5(13)11-9-10-3-6(8(14)15)7(12-9)4-16-2/h3H,4H2,1-2H3,(H,14,15)(H,10,11,12,13). The van der Waals surface area contributed by atoms with Gasteiger partial charge in [-0.15, -0.1) is 0 Å². The summed E-state index contributed by atoms with van der Waals surface area (Å²) < 4.78 is 4.81. The molecule has 0 aliphatic rings. The van der Waals surface area contributed by atoms with Crippen LogP contribution in [-0.2, 0) is 16.1 Å². The van der Waals surface area contributed by atoms with Crippen LogP contribution in [0.2, 0.25) is 0 Å². The molecule has 0 aliphatic heterocycles. The highest BCUT2D eigenvalue weighted by Crippen LogP contribution is 2.09. The lowest BCUT2D eigenvalue weighted by atomic mass is 10.2. The Hall–Kier alpha value is -2.02. The molecule has 0 saturated heterocycles. The first kappa shape index (κ1) is 12.1. The van der Waals surface area contributed by atoms with E-state index in [1.54, 1.807) is 0 Å². The summed E-state index contributed by atoms with van der Waals surface area (Å²) in [5.74, 6) is -1.41. The number of ether oxygens (including phenoxy) is 1. The normalized spacial score (nSPS) is 9.88. The van der Waals surface area contributed by atoms with Crippen molar-refractivity contribution in [1.82, 2.24) is 9.97 Å². The van der Waals surface area contributed by atoms with Crippen LogP contribution in [0.1, 0.15) is 23.0 Å². The molecule has 0 atom stereocenters. The second-order valence-electron chi connectivity index (χ2n) is 2.97. The first-order valence-electron chi connectivity index (χ1n) is 4.40. The molecule has 0 spiro atoms. The SMILES string of the molecule is COCc1nc(NC(C)=O)ncc1C(=O)O. The first-order valence-corrected chi connectivity index (χ1v) is 4.40. The van der Waals surface area contributed by atoms with Crippen molar-refractivity contribution >= 4 is 17.8 Å². The van der Waals surface area contributed by atoms with Gasteiger partial charge in [-0.1, -0.05) is 0 Å². The van der Waals surface area contributed by atoms with Crippen LogP contribution in [0.15, 0.2) is 6.20 Å². The number of aromatic carboxylic acids is 1. The smallest absolute Gasteiger partial charge is 0.339 e. The minimum Gasteiger partial charge on any atom is -0.478 e. The van der Waals surface area contributed by atoms with E-state index in [0.29, 0.717) is 0 Å². The Morgan fingerprint density at radius 1 is 1.56 bits per heavy atom. The number of nitrogens with zero attached hydrogens (tertiary/aromatic N) is 2. The molecule has 0 radical (unpaired) electrons. The van der Waals surface area contributed by atoms with E-state index in [1.165, 1.54) is 14.0 Å². The number of rotatable bonds is 4. The van der Waals surface area contributed by atoms with Gasteiger partial charge < -0.3 is 9.84 Å². The van der Waals surface area contributed by atoms with Crippen LogP contribution in [0.5, 0.6) is 0 Å². The highest BCUT2D eigenvalue weighted by atomic mass is 16.5. The molecular formula is C9H11N3O4. The quantitative estimate of drug-likeness (QED) is 0.763. The predicted octanol–water partition coefficient (Wildman–Crippen LogP) is 0.280. The molecule has 1 aromatic rings. The third kappa shape index (κ3) is 2.99. The lowest BCUT2D eigenvalue weighted by Crippen LogP contribution is -2.13. The van der Waals surface area contributed by atoms with Gasteiger partial charge in [0.25, 0.3) is 0 Å². The average molecular weight is 225 g/mol. The number of hydrogen-bond acceptors (Lipinski definition) is 5. The molecular weight excluding hydrogens is 214 g/mol. The van der Waals surface area contributed by atoms with Crippen molar-refractivity contribution in [3.63, 3.8) is 0 Å². The number of nitrogens with one attached hydrogen (secondary N) is 1. The van der Waals surface area contributed by atoms with Crippen molar-refractivity contribution in [2.45, 2.75) is 13.5 Å². The molecule has 1 heterocycles. The molecule has 0 aromatic carbocycles. The van der Waals surface area contributed by atoms with Gasteiger partial charge in [-0.05, 0) is 0 Å². The van der Waals surface area contributed by atoms with Gasteiger partial charge in [-0.2, -0.15) is 0 Å². The summed E-state index contributed by atoms with van der Waals surface area (Å²) in [7, 11) is 1.42. The Bertz CT molecular complexity index is 419. The van der Waals surface area contributed by atoms with E-state index >= 15 is 0 Å². The van der Waals surface area contributed by atoms with Crippen molar-refractivity contribution in [1.29, 1.82) is 0 Å². The number of amides is 1. The Labute approximate surface area is 91.5 Å². The number of carbonyl (C=O) groups excluding carboxylic acids is 1. The monoisotopic (exact) mass is 225 g/mol. The number of carboxylic acids is 1. The average Bonchev–Trinajstić information content (AvgIpc) is 2.17. The number of hydrogen-bond donors (Lipinski definition) is 2. The number of methoxy groups -OCH3 is 1. The van der Waals surface area contributed by atoms with E-state index < -0.39 is 5.97 Å². The lowest BCUT2D eigenvalue weighted by Gasteiger charge is -2.06. The molecule has 1 amide bonds. The molecule has 1 rings (SSSR count). The van der Waals surface area contributed by atoms with E-state index in [1.807, 2.05) is 0 Å². The van der Waals surface area contributed by atoms with Gasteiger partial charge in [0.15, 0.2) is 0 Å². The maximum Gasteiger partial charge on any atom is 0.339 e. The van der Waals surface area contributed by atoms with Crippen molar-refractivity contribution in [2.24, 2.45) is 0 Å². The Kier molecular flexibility index (Phi) is 3.90. The van der Waals surface area contributed by atoms with Crippen LogP contribution in [-0.4, -0.2) is 34.1 Å². The highest BCUT2D eigenvalue weighted by molar-refractivity contribution is 5.89. The van der Waals surface area contributed by atoms with Gasteiger partial charge in [0.1, 0.15) is 5.56 Å². The summed E-state index contributed by atoms with van der Waals surface area (Å²) in [6, 6.07) is 0. The number of carboxylic acid groups (broad SMARTS) is 1. The molecule has 0 fully saturated rings. The highest BCUT2D eigenvalue weighted by Gasteiger charge is 2.13. The maximum atomic E-state index is 10.8. The summed E-state index contributed by atoms with van der Waals surface area (Å²) in [5.41, 5.74) is 0.171. The minimum absolute atomic E-state index is 0.0384. The number of aromatic nitrogens is 2. The molecule has 0 aliphatic carbocycles. The second-order valence-corrected chi connectivity index (χ2v) is 2.97. The van der Waals surface area contributed by atoms with E-state index in [4.69, 9.17) is 9.84 Å². The first-order chi connectivity index (χ1) is 7.54. The fourth-order valence-corrected chi connectivity index (χ4v) is 1.06. The molecule has 1 aromatic heterocycles. The zero-order chi connectivity index (χ0) is 12.1. The minimum atomic E-state index is -1.14. The third-order valence-corrected chi connectivity index (χ3v) is 1.67. The van der Waals surface area contributed by atoms with E-state index in [0.717, 1.165) is 6.20 Å². The Morgan fingerprint density at radius 3 is 2.75 bits per heavy atom. The molecule has 7 heteroatoms. The largest absolute Gasteiger partial charge is 0.478 e. The third-order valence-electron chi connectivity index (χ3n) is 1.67. The van der Waals surface area contributed by atoms with Crippen molar-refractivity contribution in [3.05, 3.63) is 17.5 Å². The van der Waals surface area contributed by atoms with Gasteiger partial charge in [0, 0.05) is 20.2 Å². The molecule has 0 saturated carbocycles. The summed E-state index contributed by atoms with van der Waals surface area (Å²) in [4.78, 5) is 29.1. The van der Waals surface area contributed by atoms with E-state index in [9.17, 15) is 9.59 Å². The van der Waals surface area contributed by atoms with Crippen LogP contribution in [0.3, 0.4) is 0 Å². The van der Waals surface area contributed by atoms with Gasteiger partial charge in [-0.3, -0.25) is 10.1 Å². The summed E-state index contributed by atoms with van der Waals surface area (Å²) in [5, 5.41) is 11.2. The van der Waals surface area contributed by atoms with Crippen molar-refractivity contribution in [2.75, 3.05) is 12.4 Å². The van der Waals surface area contributed by atoms with Crippen LogP contribution in [0.4, 0.5) is 5.95 Å². The van der Waals surface area contributed by atoms with Gasteiger partial charge in [0.05, 0.1) is 12.3 Å². The Balaban J connectivity index is 3.06. The Morgan fingerprint density at radius 2 is 2.25 bits per heavy atom. The van der Waals surface area contributed by atoms with Gasteiger partial charge in [-0.25, -0.2) is 14.8 Å². The van der Waals surface area contributed by atoms with Crippen molar-refractivity contribution < 1.29 is 19.4 Å². The summed E-state index contributed by atoms with van der Waals surface area (Å²) >= 11 is 0. The van der Waals surface area contributed by atoms with Crippen LogP contribution < -0.4 is 5.32 Å². The summed E-state index contributed by atoms with van der Waals surface area (Å²) in [6.07, 6.45) is 1.13. The molecule has 7 nitrogen and oxygen atoms in total. The zero-order valence-corrected chi connectivity index (χ0v) is 8.85. The second kappa shape index (κ2) is 5.17.